The molecular weight excluding hydrogens is 228 g/mol. The maximum absolute atomic E-state index is 6.13. The normalized spacial score (nSPS) is 11.3. The number of aryl methyl sites for hydroxylation is 1. The fourth-order valence-electron chi connectivity index (χ4n) is 1.32. The molecule has 0 aliphatic rings. The summed E-state index contributed by atoms with van der Waals surface area (Å²) in [5.74, 6) is 0. The second-order valence-electron chi connectivity index (χ2n) is 3.99. The third-order valence-electron chi connectivity index (χ3n) is 2.21. The molecule has 0 unspecified atom stereocenters. The molecule has 1 aromatic heterocycles. The van der Waals surface area contributed by atoms with Crippen molar-refractivity contribution in [1.29, 1.82) is 0 Å². The molecule has 0 saturated carbocycles. The van der Waals surface area contributed by atoms with Crippen molar-refractivity contribution in [3.63, 3.8) is 0 Å². The minimum atomic E-state index is 0.894. The molecule has 0 bridgehead atoms. The van der Waals surface area contributed by atoms with Crippen LogP contribution in [0.3, 0.4) is 0 Å². The van der Waals surface area contributed by atoms with Crippen LogP contribution in [0.25, 0.3) is 0 Å². The van der Waals surface area contributed by atoms with Crippen molar-refractivity contribution in [1.82, 2.24) is 10.2 Å². The molecule has 1 aromatic rings. The van der Waals surface area contributed by atoms with Crippen molar-refractivity contribution in [2.45, 2.75) is 19.9 Å². The van der Waals surface area contributed by atoms with Crippen LogP contribution in [-0.2, 0) is 6.54 Å². The lowest BCUT2D eigenvalue weighted by Crippen LogP contribution is -2.20. The molecule has 0 amide bonds. The predicted molar refractivity (Wildman–Crippen MR) is 68.9 cm³/mol. The highest BCUT2D eigenvalue weighted by Gasteiger charge is 2.04. The Balaban J connectivity index is 2.18. The lowest BCUT2D eigenvalue weighted by Gasteiger charge is -2.09. The van der Waals surface area contributed by atoms with E-state index >= 15 is 0 Å². The Labute approximate surface area is 101 Å². The van der Waals surface area contributed by atoms with Crippen LogP contribution in [0.15, 0.2) is 5.38 Å². The summed E-state index contributed by atoms with van der Waals surface area (Å²) in [6, 6.07) is 0. The lowest BCUT2D eigenvalue weighted by molar-refractivity contribution is 0.394. The van der Waals surface area contributed by atoms with Gasteiger partial charge < -0.3 is 10.2 Å². The van der Waals surface area contributed by atoms with Crippen LogP contribution >= 0.6 is 22.9 Å². The minimum Gasteiger partial charge on any atom is -0.312 e. The maximum atomic E-state index is 6.13. The van der Waals surface area contributed by atoms with E-state index in [0.717, 1.165) is 24.7 Å². The molecule has 0 atom stereocenters. The molecule has 0 saturated heterocycles. The Morgan fingerprint density at radius 2 is 2.20 bits per heavy atom. The van der Waals surface area contributed by atoms with Gasteiger partial charge in [-0.15, -0.1) is 11.3 Å². The second-order valence-corrected chi connectivity index (χ2v) is 5.33. The maximum Gasteiger partial charge on any atom is 0.0587 e. The number of rotatable bonds is 6. The van der Waals surface area contributed by atoms with Gasteiger partial charge in [0.15, 0.2) is 0 Å². The zero-order chi connectivity index (χ0) is 11.3. The van der Waals surface area contributed by atoms with Gasteiger partial charge in [0.05, 0.1) is 5.02 Å². The third-order valence-corrected chi connectivity index (χ3v) is 3.96. The number of nitrogens with zero attached hydrogens (tertiary/aromatic N) is 1. The van der Waals surface area contributed by atoms with Gasteiger partial charge in [0, 0.05) is 11.4 Å². The topological polar surface area (TPSA) is 15.3 Å². The Bertz CT molecular complexity index is 297. The standard InChI is InChI=1S/C11H19ClN2S/c1-9-8-15-10(11(9)12)7-13-5-4-6-14(2)3/h8,13H,4-7H2,1-3H3. The SMILES string of the molecule is Cc1csc(CNCCCN(C)C)c1Cl. The van der Waals surface area contributed by atoms with Crippen LogP contribution in [0.5, 0.6) is 0 Å². The summed E-state index contributed by atoms with van der Waals surface area (Å²) >= 11 is 7.87. The summed E-state index contributed by atoms with van der Waals surface area (Å²) in [7, 11) is 4.19. The third kappa shape index (κ3) is 4.51. The summed E-state index contributed by atoms with van der Waals surface area (Å²) < 4.78 is 0. The van der Waals surface area contributed by atoms with Gasteiger partial charge in [-0.05, 0) is 51.5 Å². The monoisotopic (exact) mass is 246 g/mol. The molecule has 2 nitrogen and oxygen atoms in total. The van der Waals surface area contributed by atoms with Gasteiger partial charge in [-0.25, -0.2) is 0 Å². The van der Waals surface area contributed by atoms with Gasteiger partial charge in [-0.1, -0.05) is 11.6 Å². The van der Waals surface area contributed by atoms with E-state index in [-0.39, 0.29) is 0 Å². The highest BCUT2D eigenvalue weighted by atomic mass is 35.5. The first-order valence-corrected chi connectivity index (χ1v) is 6.45. The molecular formula is C11H19ClN2S. The highest BCUT2D eigenvalue weighted by molar-refractivity contribution is 7.10. The minimum absolute atomic E-state index is 0.894. The van der Waals surface area contributed by atoms with E-state index < -0.39 is 0 Å². The van der Waals surface area contributed by atoms with E-state index in [9.17, 15) is 0 Å². The van der Waals surface area contributed by atoms with Crippen LogP contribution in [0.4, 0.5) is 0 Å². The molecule has 1 N–H and O–H groups in total. The van der Waals surface area contributed by atoms with Crippen molar-refractivity contribution < 1.29 is 0 Å². The van der Waals surface area contributed by atoms with Crippen LogP contribution in [0.1, 0.15) is 16.9 Å². The molecule has 86 valence electrons. The van der Waals surface area contributed by atoms with E-state index in [1.54, 1.807) is 11.3 Å². The number of nitrogens with one attached hydrogen (secondary N) is 1. The zero-order valence-corrected chi connectivity index (χ0v) is 11.2. The van der Waals surface area contributed by atoms with Crippen molar-refractivity contribution in [3.05, 3.63) is 20.8 Å². The molecule has 0 aromatic carbocycles. The van der Waals surface area contributed by atoms with E-state index in [4.69, 9.17) is 11.6 Å². The Morgan fingerprint density at radius 3 is 2.73 bits per heavy atom. The van der Waals surface area contributed by atoms with Crippen LogP contribution < -0.4 is 5.32 Å². The molecule has 0 fully saturated rings. The number of thiophene rings is 1. The highest BCUT2D eigenvalue weighted by Crippen LogP contribution is 2.26. The van der Waals surface area contributed by atoms with Crippen molar-refractivity contribution >= 4 is 22.9 Å². The van der Waals surface area contributed by atoms with E-state index in [0.29, 0.717) is 0 Å². The first kappa shape index (κ1) is 13.0. The summed E-state index contributed by atoms with van der Waals surface area (Å²) in [4.78, 5) is 3.45. The van der Waals surface area contributed by atoms with E-state index in [1.807, 2.05) is 6.92 Å². The zero-order valence-electron chi connectivity index (χ0n) is 9.64. The van der Waals surface area contributed by atoms with E-state index in [2.05, 4.69) is 29.7 Å². The Kier molecular flexibility index (Phi) is 5.61. The van der Waals surface area contributed by atoms with Crippen LogP contribution in [0.2, 0.25) is 5.02 Å². The van der Waals surface area contributed by atoms with Crippen molar-refractivity contribution in [2.75, 3.05) is 27.2 Å². The summed E-state index contributed by atoms with van der Waals surface area (Å²) in [5, 5.41) is 6.45. The summed E-state index contributed by atoms with van der Waals surface area (Å²) in [5.41, 5.74) is 1.19. The molecule has 0 spiro atoms. The summed E-state index contributed by atoms with van der Waals surface area (Å²) in [6.45, 7) is 5.12. The first-order chi connectivity index (χ1) is 7.11. The largest absolute Gasteiger partial charge is 0.312 e. The smallest absolute Gasteiger partial charge is 0.0587 e. The van der Waals surface area contributed by atoms with Crippen LogP contribution in [0, 0.1) is 6.92 Å². The Morgan fingerprint density at radius 1 is 1.47 bits per heavy atom. The van der Waals surface area contributed by atoms with Gasteiger partial charge in [-0.2, -0.15) is 0 Å². The van der Waals surface area contributed by atoms with Gasteiger partial charge in [-0.3, -0.25) is 0 Å². The summed E-state index contributed by atoms with van der Waals surface area (Å²) in [6.07, 6.45) is 1.18. The van der Waals surface area contributed by atoms with Crippen LogP contribution in [-0.4, -0.2) is 32.1 Å². The molecule has 0 radical (unpaired) electrons. The predicted octanol–water partition coefficient (Wildman–Crippen LogP) is 2.75. The fraction of sp³-hybridized carbons (Fsp3) is 0.636. The van der Waals surface area contributed by atoms with Gasteiger partial charge in [0.1, 0.15) is 0 Å². The molecule has 1 heterocycles. The molecule has 1 rings (SSSR count). The average molecular weight is 247 g/mol. The molecule has 0 aliphatic carbocycles. The van der Waals surface area contributed by atoms with Gasteiger partial charge >= 0.3 is 0 Å². The fourth-order valence-corrected chi connectivity index (χ4v) is 2.53. The quantitative estimate of drug-likeness (QED) is 0.777. The number of hydrogen-bond donors (Lipinski definition) is 1. The molecule has 4 heteroatoms. The number of halogens is 1. The second kappa shape index (κ2) is 6.48. The van der Waals surface area contributed by atoms with E-state index in [1.165, 1.54) is 16.9 Å². The molecule has 0 aliphatic heterocycles. The van der Waals surface area contributed by atoms with Crippen molar-refractivity contribution in [2.24, 2.45) is 0 Å². The molecule has 15 heavy (non-hydrogen) atoms. The lowest BCUT2D eigenvalue weighted by atomic mass is 10.3. The Hall–Kier alpha value is -0.0900. The van der Waals surface area contributed by atoms with Gasteiger partial charge in [0.2, 0.25) is 0 Å². The van der Waals surface area contributed by atoms with Crippen molar-refractivity contribution in [3.8, 4) is 0 Å². The average Bonchev–Trinajstić information content (AvgIpc) is 2.48. The number of hydrogen-bond acceptors (Lipinski definition) is 3. The first-order valence-electron chi connectivity index (χ1n) is 5.19. The van der Waals surface area contributed by atoms with Gasteiger partial charge in [0.25, 0.3) is 0 Å².